The first-order valence-electron chi connectivity index (χ1n) is 3.56. The number of thiocarbonyl (C=S) groups is 1. The Morgan fingerprint density at radius 1 is 1.73 bits per heavy atom. The smallest absolute Gasteiger partial charge is 0.0869 e. The van der Waals surface area contributed by atoms with Crippen LogP contribution in [0.15, 0.2) is 0 Å². The lowest BCUT2D eigenvalue weighted by atomic mass is 10.3. The first kappa shape index (κ1) is 10.8. The summed E-state index contributed by atoms with van der Waals surface area (Å²) >= 11 is 4.76. The zero-order valence-electron chi connectivity index (χ0n) is 7.33. The molecule has 0 aliphatic carbocycles. The second-order valence-corrected chi connectivity index (χ2v) is 3.23. The quantitative estimate of drug-likeness (QED) is 0.609. The molecular formula is C7H16N2OS. The molecule has 0 aromatic heterocycles. The molecule has 0 aliphatic heterocycles. The highest BCUT2D eigenvalue weighted by molar-refractivity contribution is 7.80. The van der Waals surface area contributed by atoms with E-state index in [-0.39, 0.29) is 6.10 Å². The topological polar surface area (TPSA) is 38.5 Å². The third kappa shape index (κ3) is 6.22. The van der Waals surface area contributed by atoms with E-state index >= 15 is 0 Å². The van der Waals surface area contributed by atoms with Crippen LogP contribution in [0, 0.1) is 0 Å². The average Bonchev–Trinajstić information content (AvgIpc) is 1.85. The molecule has 0 aromatic carbocycles. The van der Waals surface area contributed by atoms with Gasteiger partial charge in [0.15, 0.2) is 0 Å². The number of nitrogens with zero attached hydrogens (tertiary/aromatic N) is 1. The molecular weight excluding hydrogens is 160 g/mol. The zero-order valence-corrected chi connectivity index (χ0v) is 8.15. The lowest BCUT2D eigenvalue weighted by Gasteiger charge is -2.19. The molecule has 0 aromatic rings. The van der Waals surface area contributed by atoms with Crippen molar-refractivity contribution >= 4 is 17.2 Å². The van der Waals surface area contributed by atoms with Crippen molar-refractivity contribution in [2.75, 3.05) is 27.2 Å². The van der Waals surface area contributed by atoms with Gasteiger partial charge in [-0.1, -0.05) is 12.2 Å². The standard InChI is InChI=1S/C7H16N2OS/c1-6(10-3)4-9(2)5-7(8)11/h6H,4-5H2,1-3H3,(H2,8,11). The maximum absolute atomic E-state index is 5.36. The summed E-state index contributed by atoms with van der Waals surface area (Å²) in [7, 11) is 3.66. The molecule has 0 heterocycles. The number of rotatable bonds is 5. The molecule has 0 spiro atoms. The number of likely N-dealkylation sites (N-methyl/N-ethyl adjacent to an activating group) is 1. The van der Waals surface area contributed by atoms with Crippen molar-refractivity contribution in [1.82, 2.24) is 4.90 Å². The Balaban J connectivity index is 3.51. The maximum atomic E-state index is 5.36. The van der Waals surface area contributed by atoms with E-state index in [1.54, 1.807) is 7.11 Å². The summed E-state index contributed by atoms with van der Waals surface area (Å²) < 4.78 is 5.08. The number of hydrogen-bond acceptors (Lipinski definition) is 3. The minimum absolute atomic E-state index is 0.231. The Morgan fingerprint density at radius 2 is 2.27 bits per heavy atom. The summed E-state index contributed by atoms with van der Waals surface area (Å²) in [5.41, 5.74) is 5.36. The van der Waals surface area contributed by atoms with E-state index in [2.05, 4.69) is 0 Å². The van der Waals surface area contributed by atoms with Crippen molar-refractivity contribution in [3.05, 3.63) is 0 Å². The van der Waals surface area contributed by atoms with Gasteiger partial charge in [0.25, 0.3) is 0 Å². The Kier molecular flexibility index (Phi) is 5.36. The molecule has 0 radical (unpaired) electrons. The normalized spacial score (nSPS) is 13.5. The van der Waals surface area contributed by atoms with E-state index in [0.29, 0.717) is 11.5 Å². The fraction of sp³-hybridized carbons (Fsp3) is 0.857. The van der Waals surface area contributed by atoms with Crippen molar-refractivity contribution in [3.63, 3.8) is 0 Å². The summed E-state index contributed by atoms with van der Waals surface area (Å²) in [6.45, 7) is 3.52. The van der Waals surface area contributed by atoms with Crippen LogP contribution in [0.4, 0.5) is 0 Å². The van der Waals surface area contributed by atoms with Gasteiger partial charge in [0.05, 0.1) is 11.1 Å². The SMILES string of the molecule is COC(C)CN(C)CC(N)=S. The van der Waals surface area contributed by atoms with Gasteiger partial charge in [-0.3, -0.25) is 4.90 Å². The van der Waals surface area contributed by atoms with Crippen LogP contribution in [-0.2, 0) is 4.74 Å². The number of nitrogens with two attached hydrogens (primary N) is 1. The highest BCUT2D eigenvalue weighted by atomic mass is 32.1. The van der Waals surface area contributed by atoms with Crippen LogP contribution in [0.25, 0.3) is 0 Å². The molecule has 3 nitrogen and oxygen atoms in total. The van der Waals surface area contributed by atoms with Crippen molar-refractivity contribution in [2.45, 2.75) is 13.0 Å². The molecule has 0 amide bonds. The Hall–Kier alpha value is -0.190. The number of ether oxygens (including phenoxy) is 1. The van der Waals surface area contributed by atoms with E-state index < -0.39 is 0 Å². The van der Waals surface area contributed by atoms with Crippen LogP contribution >= 0.6 is 12.2 Å². The lowest BCUT2D eigenvalue weighted by Crippen LogP contribution is -2.34. The molecule has 0 saturated carbocycles. The highest BCUT2D eigenvalue weighted by Crippen LogP contribution is 1.91. The minimum atomic E-state index is 0.231. The van der Waals surface area contributed by atoms with Gasteiger partial charge in [-0.15, -0.1) is 0 Å². The molecule has 0 saturated heterocycles. The van der Waals surface area contributed by atoms with Crippen molar-refractivity contribution in [1.29, 1.82) is 0 Å². The van der Waals surface area contributed by atoms with Gasteiger partial charge in [-0.2, -0.15) is 0 Å². The molecule has 0 aliphatic rings. The minimum Gasteiger partial charge on any atom is -0.392 e. The van der Waals surface area contributed by atoms with Gasteiger partial charge < -0.3 is 10.5 Å². The van der Waals surface area contributed by atoms with E-state index in [4.69, 9.17) is 22.7 Å². The lowest BCUT2D eigenvalue weighted by molar-refractivity contribution is 0.0902. The number of methoxy groups -OCH3 is 1. The van der Waals surface area contributed by atoms with Gasteiger partial charge in [-0.25, -0.2) is 0 Å². The highest BCUT2D eigenvalue weighted by Gasteiger charge is 2.04. The molecule has 4 heteroatoms. The largest absolute Gasteiger partial charge is 0.392 e. The predicted octanol–water partition coefficient (Wildman–Crippen LogP) is 0.239. The molecule has 0 rings (SSSR count). The zero-order chi connectivity index (χ0) is 8.85. The van der Waals surface area contributed by atoms with E-state index in [9.17, 15) is 0 Å². The first-order valence-corrected chi connectivity index (χ1v) is 3.96. The fourth-order valence-electron chi connectivity index (χ4n) is 0.844. The predicted molar refractivity (Wildman–Crippen MR) is 50.8 cm³/mol. The molecule has 2 N–H and O–H groups in total. The van der Waals surface area contributed by atoms with Gasteiger partial charge in [-0.05, 0) is 14.0 Å². The van der Waals surface area contributed by atoms with Gasteiger partial charge in [0.1, 0.15) is 0 Å². The van der Waals surface area contributed by atoms with Crippen LogP contribution in [0.5, 0.6) is 0 Å². The molecule has 0 fully saturated rings. The monoisotopic (exact) mass is 176 g/mol. The second kappa shape index (κ2) is 5.46. The van der Waals surface area contributed by atoms with Gasteiger partial charge >= 0.3 is 0 Å². The molecule has 1 unspecified atom stereocenters. The Bertz CT molecular complexity index is 130. The third-order valence-corrected chi connectivity index (χ3v) is 1.53. The van der Waals surface area contributed by atoms with Crippen LogP contribution < -0.4 is 5.73 Å². The van der Waals surface area contributed by atoms with Crippen molar-refractivity contribution in [3.8, 4) is 0 Å². The summed E-state index contributed by atoms with van der Waals surface area (Å²) in [4.78, 5) is 2.56. The van der Waals surface area contributed by atoms with Gasteiger partial charge in [0.2, 0.25) is 0 Å². The second-order valence-electron chi connectivity index (χ2n) is 2.71. The number of hydrogen-bond donors (Lipinski definition) is 1. The summed E-state index contributed by atoms with van der Waals surface area (Å²) in [6.07, 6.45) is 0.231. The summed E-state index contributed by atoms with van der Waals surface area (Å²) in [6, 6.07) is 0. The van der Waals surface area contributed by atoms with Crippen LogP contribution in [-0.4, -0.2) is 43.2 Å². The Morgan fingerprint density at radius 3 is 2.64 bits per heavy atom. The Labute approximate surface area is 73.5 Å². The molecule has 1 atom stereocenters. The molecule has 66 valence electrons. The van der Waals surface area contributed by atoms with E-state index in [1.807, 2.05) is 18.9 Å². The van der Waals surface area contributed by atoms with Crippen molar-refractivity contribution in [2.24, 2.45) is 5.73 Å². The van der Waals surface area contributed by atoms with Crippen LogP contribution in [0.2, 0.25) is 0 Å². The molecule has 11 heavy (non-hydrogen) atoms. The molecule has 0 bridgehead atoms. The fourth-order valence-corrected chi connectivity index (χ4v) is 1.06. The average molecular weight is 176 g/mol. The maximum Gasteiger partial charge on any atom is 0.0869 e. The first-order chi connectivity index (χ1) is 5.06. The summed E-state index contributed by atoms with van der Waals surface area (Å²) in [5, 5.41) is 0. The van der Waals surface area contributed by atoms with E-state index in [1.165, 1.54) is 0 Å². The van der Waals surface area contributed by atoms with E-state index in [0.717, 1.165) is 6.54 Å². The summed E-state index contributed by atoms with van der Waals surface area (Å²) in [5.74, 6) is 0. The van der Waals surface area contributed by atoms with Gasteiger partial charge in [0, 0.05) is 20.2 Å². The third-order valence-electron chi connectivity index (χ3n) is 1.40. The van der Waals surface area contributed by atoms with Crippen molar-refractivity contribution < 1.29 is 4.74 Å². The van der Waals surface area contributed by atoms with Crippen LogP contribution in [0.1, 0.15) is 6.92 Å². The van der Waals surface area contributed by atoms with Crippen LogP contribution in [0.3, 0.4) is 0 Å².